The van der Waals surface area contributed by atoms with Crippen LogP contribution in [-0.2, 0) is 9.53 Å². The molecule has 5 nitrogen and oxygen atoms in total. The Morgan fingerprint density at radius 3 is 2.64 bits per heavy atom. The lowest BCUT2D eigenvalue weighted by molar-refractivity contribution is -0.151. The molecule has 1 aliphatic heterocycles. The lowest BCUT2D eigenvalue weighted by atomic mass is 9.46. The average Bonchev–Trinajstić information content (AvgIpc) is 2.89. The number of rotatable bonds is 3. The van der Waals surface area contributed by atoms with Crippen LogP contribution in [0.1, 0.15) is 46.0 Å². The first-order chi connectivity index (χ1) is 11.7. The van der Waals surface area contributed by atoms with E-state index in [9.17, 15) is 20.1 Å². The van der Waals surface area contributed by atoms with Gasteiger partial charge < -0.3 is 20.1 Å². The normalized spacial score (nSPS) is 46.2. The molecule has 0 bridgehead atoms. The number of aliphatic hydroxyl groups excluding tert-OH is 3. The molecule has 2 saturated carbocycles. The Bertz CT molecular complexity index is 597. The van der Waals surface area contributed by atoms with Crippen LogP contribution in [0.4, 0.5) is 0 Å². The zero-order valence-electron chi connectivity index (χ0n) is 15.2. The zero-order valence-corrected chi connectivity index (χ0v) is 15.2. The van der Waals surface area contributed by atoms with Crippen molar-refractivity contribution in [1.82, 2.24) is 0 Å². The largest absolute Gasteiger partial charge is 0.459 e. The molecular weight excluding hydrogens is 320 g/mol. The number of carbonyl (C=O) groups excluding carboxylic acids is 1. The number of esters is 1. The number of hydrogen-bond acceptors (Lipinski definition) is 5. The summed E-state index contributed by atoms with van der Waals surface area (Å²) >= 11 is 0. The maximum atomic E-state index is 11.8. The van der Waals surface area contributed by atoms with E-state index in [2.05, 4.69) is 13.5 Å². The number of fused-ring (bicyclic) bond motifs is 1. The van der Waals surface area contributed by atoms with Gasteiger partial charge in [-0.15, -0.1) is 0 Å². The Hall–Kier alpha value is -1.17. The van der Waals surface area contributed by atoms with Crippen molar-refractivity contribution in [3.05, 3.63) is 23.8 Å². The topological polar surface area (TPSA) is 87.0 Å². The summed E-state index contributed by atoms with van der Waals surface area (Å²) in [6.45, 7) is 8.50. The Morgan fingerprint density at radius 2 is 2.04 bits per heavy atom. The highest BCUT2D eigenvalue weighted by Crippen LogP contribution is 2.61. The van der Waals surface area contributed by atoms with Gasteiger partial charge in [0.25, 0.3) is 0 Å². The predicted molar refractivity (Wildman–Crippen MR) is 93.6 cm³/mol. The summed E-state index contributed by atoms with van der Waals surface area (Å²) in [5.74, 6) is -0.0734. The summed E-state index contributed by atoms with van der Waals surface area (Å²) in [6.07, 6.45) is 4.42. The quantitative estimate of drug-likeness (QED) is 0.411. The molecule has 3 aliphatic rings. The Labute approximate surface area is 149 Å². The summed E-state index contributed by atoms with van der Waals surface area (Å²) in [6, 6.07) is 0. The number of cyclic esters (lactones) is 1. The van der Waals surface area contributed by atoms with Gasteiger partial charge in [0.15, 0.2) is 0 Å². The van der Waals surface area contributed by atoms with E-state index in [0.717, 1.165) is 24.8 Å². The van der Waals surface area contributed by atoms with Crippen LogP contribution in [-0.4, -0.2) is 46.7 Å². The van der Waals surface area contributed by atoms with Gasteiger partial charge in [-0.2, -0.15) is 0 Å². The van der Waals surface area contributed by atoms with Gasteiger partial charge in [-0.3, -0.25) is 0 Å². The van der Waals surface area contributed by atoms with Crippen LogP contribution in [0.25, 0.3) is 0 Å². The molecule has 140 valence electrons. The highest BCUT2D eigenvalue weighted by Gasteiger charge is 2.57. The molecule has 2 aliphatic carbocycles. The first kappa shape index (κ1) is 18.6. The van der Waals surface area contributed by atoms with E-state index in [0.29, 0.717) is 18.4 Å². The fourth-order valence-corrected chi connectivity index (χ4v) is 5.56. The smallest absolute Gasteiger partial charge is 0.336 e. The molecule has 25 heavy (non-hydrogen) atoms. The van der Waals surface area contributed by atoms with Crippen LogP contribution in [0.3, 0.4) is 0 Å². The van der Waals surface area contributed by atoms with Gasteiger partial charge in [-0.25, -0.2) is 4.79 Å². The molecule has 3 unspecified atom stereocenters. The third-order valence-corrected chi connectivity index (χ3v) is 7.23. The monoisotopic (exact) mass is 350 g/mol. The average molecular weight is 350 g/mol. The maximum Gasteiger partial charge on any atom is 0.336 e. The first-order valence-corrected chi connectivity index (χ1v) is 9.26. The van der Waals surface area contributed by atoms with Crippen LogP contribution in [0.2, 0.25) is 0 Å². The van der Waals surface area contributed by atoms with Crippen LogP contribution in [0.15, 0.2) is 23.8 Å². The van der Waals surface area contributed by atoms with E-state index < -0.39 is 23.6 Å². The molecule has 0 aromatic rings. The molecule has 0 aromatic heterocycles. The summed E-state index contributed by atoms with van der Waals surface area (Å²) < 4.78 is 4.90. The molecule has 3 rings (SSSR count). The van der Waals surface area contributed by atoms with Crippen molar-refractivity contribution in [2.45, 2.75) is 58.2 Å². The highest BCUT2D eigenvalue weighted by atomic mass is 16.6. The van der Waals surface area contributed by atoms with Gasteiger partial charge in [0.1, 0.15) is 12.7 Å². The van der Waals surface area contributed by atoms with Gasteiger partial charge in [0, 0.05) is 5.41 Å². The second kappa shape index (κ2) is 6.53. The molecule has 3 N–H and O–H groups in total. The Balaban J connectivity index is 1.89. The van der Waals surface area contributed by atoms with Crippen molar-refractivity contribution in [3.63, 3.8) is 0 Å². The van der Waals surface area contributed by atoms with Crippen LogP contribution >= 0.6 is 0 Å². The molecule has 3 fully saturated rings. The van der Waals surface area contributed by atoms with E-state index in [1.807, 2.05) is 13.0 Å². The van der Waals surface area contributed by atoms with Gasteiger partial charge >= 0.3 is 5.97 Å². The number of allylic oxidation sites excluding steroid dienone is 2. The van der Waals surface area contributed by atoms with Crippen molar-refractivity contribution in [1.29, 1.82) is 0 Å². The molecule has 0 spiro atoms. The summed E-state index contributed by atoms with van der Waals surface area (Å²) in [4.78, 5) is 11.8. The first-order valence-electron chi connectivity index (χ1n) is 9.26. The third kappa shape index (κ3) is 2.86. The predicted octanol–water partition coefficient (Wildman–Crippen LogP) is 1.96. The van der Waals surface area contributed by atoms with Gasteiger partial charge in [0.05, 0.1) is 18.3 Å². The van der Waals surface area contributed by atoms with Crippen molar-refractivity contribution < 1.29 is 24.9 Å². The molecule has 1 heterocycles. The van der Waals surface area contributed by atoms with Crippen molar-refractivity contribution in [2.75, 3.05) is 13.2 Å². The Kier molecular flexibility index (Phi) is 4.86. The summed E-state index contributed by atoms with van der Waals surface area (Å²) in [7, 11) is 0. The number of ether oxygens (including phenoxy) is 1. The van der Waals surface area contributed by atoms with E-state index in [1.165, 1.54) is 0 Å². The minimum Gasteiger partial charge on any atom is -0.459 e. The maximum absolute atomic E-state index is 11.8. The molecule has 5 heteroatoms. The van der Waals surface area contributed by atoms with E-state index in [4.69, 9.17) is 4.74 Å². The van der Waals surface area contributed by atoms with E-state index >= 15 is 0 Å². The number of aliphatic hydroxyl groups is 3. The van der Waals surface area contributed by atoms with E-state index in [-0.39, 0.29) is 30.5 Å². The van der Waals surface area contributed by atoms with Gasteiger partial charge in [-0.05, 0) is 49.4 Å². The summed E-state index contributed by atoms with van der Waals surface area (Å²) in [5.41, 5.74) is 0.911. The molecule has 0 amide bonds. The molecule has 0 aromatic carbocycles. The van der Waals surface area contributed by atoms with Gasteiger partial charge in [0.2, 0.25) is 0 Å². The Morgan fingerprint density at radius 1 is 1.32 bits per heavy atom. The zero-order chi connectivity index (χ0) is 18.4. The lowest BCUT2D eigenvalue weighted by Gasteiger charge is -2.59. The second-order valence-electron chi connectivity index (χ2n) is 8.54. The van der Waals surface area contributed by atoms with Crippen molar-refractivity contribution >= 4 is 5.97 Å². The van der Waals surface area contributed by atoms with Crippen LogP contribution < -0.4 is 0 Å². The fourth-order valence-electron chi connectivity index (χ4n) is 5.56. The van der Waals surface area contributed by atoms with Gasteiger partial charge in [-0.1, -0.05) is 32.1 Å². The number of carbonyl (C=O) groups is 1. The lowest BCUT2D eigenvalue weighted by Crippen LogP contribution is -2.57. The molecule has 0 radical (unpaired) electrons. The molecular formula is C20H30O5. The SMILES string of the molecule is C=C1CC[C@H]2[C@@](C)(CO)C(O)CC[C@@]2(C)C1C/C=C1/C(=O)OCC1O. The minimum atomic E-state index is -0.844. The van der Waals surface area contributed by atoms with E-state index in [1.54, 1.807) is 0 Å². The van der Waals surface area contributed by atoms with Crippen molar-refractivity contribution in [3.8, 4) is 0 Å². The van der Waals surface area contributed by atoms with Crippen LogP contribution in [0.5, 0.6) is 0 Å². The fraction of sp³-hybridized carbons (Fsp3) is 0.750. The molecule has 6 atom stereocenters. The molecule has 1 saturated heterocycles. The minimum absolute atomic E-state index is 0.0280. The van der Waals surface area contributed by atoms with Crippen LogP contribution in [0, 0.1) is 22.7 Å². The van der Waals surface area contributed by atoms with Crippen molar-refractivity contribution in [2.24, 2.45) is 22.7 Å². The summed E-state index contributed by atoms with van der Waals surface area (Å²) in [5, 5.41) is 30.4. The number of hydrogen-bond donors (Lipinski definition) is 3. The standard InChI is InChI=1S/C20H30O5/c1-12-4-7-16-19(2,9-8-17(23)20(16,3)11-21)14(12)6-5-13-15(22)10-25-18(13)24/h5,14-17,21-23H,1,4,6-11H2,2-3H3/b13-5+/t14?,15?,16-,17?,19+,20-/m1/s1. The third-order valence-electron chi connectivity index (χ3n) is 7.23. The second-order valence-corrected chi connectivity index (χ2v) is 8.54. The highest BCUT2D eigenvalue weighted by molar-refractivity contribution is 5.91.